The summed E-state index contributed by atoms with van der Waals surface area (Å²) < 4.78 is 1.74. The Labute approximate surface area is 201 Å². The summed E-state index contributed by atoms with van der Waals surface area (Å²) >= 11 is 13.2. The molecule has 0 saturated carbocycles. The summed E-state index contributed by atoms with van der Waals surface area (Å²) in [6.45, 7) is 2.32. The normalized spacial score (nSPS) is 15.2. The molecule has 3 rings (SSSR count). The monoisotopic (exact) mass is 568 g/mol. The average molecular weight is 570 g/mol. The molecule has 0 atom stereocenters. The van der Waals surface area contributed by atoms with Crippen LogP contribution in [0.1, 0.15) is 24.0 Å². The van der Waals surface area contributed by atoms with Crippen LogP contribution in [0, 0.1) is 6.92 Å². The summed E-state index contributed by atoms with van der Waals surface area (Å²) in [5.41, 5.74) is 2.34. The van der Waals surface area contributed by atoms with E-state index < -0.39 is 0 Å². The molecule has 2 N–H and O–H groups in total. The van der Waals surface area contributed by atoms with Crippen LogP contribution >= 0.6 is 55.8 Å². The van der Waals surface area contributed by atoms with Crippen LogP contribution in [0.5, 0.6) is 5.75 Å². The van der Waals surface area contributed by atoms with Gasteiger partial charge in [-0.1, -0.05) is 52.0 Å². The Morgan fingerprint density at radius 3 is 2.80 bits per heavy atom. The van der Waals surface area contributed by atoms with E-state index in [9.17, 15) is 14.7 Å². The molecular weight excluding hydrogens is 552 g/mol. The first-order chi connectivity index (χ1) is 14.2. The third kappa shape index (κ3) is 5.72. The second kappa shape index (κ2) is 10.1. The smallest absolute Gasteiger partial charge is 0.266 e. The predicted molar refractivity (Wildman–Crippen MR) is 132 cm³/mol. The number of amides is 2. The molecule has 0 spiro atoms. The number of anilines is 1. The molecule has 5 nitrogen and oxygen atoms in total. The van der Waals surface area contributed by atoms with Gasteiger partial charge in [0, 0.05) is 28.7 Å². The van der Waals surface area contributed by atoms with Crippen molar-refractivity contribution in [2.45, 2.75) is 19.8 Å². The lowest BCUT2D eigenvalue weighted by atomic mass is 10.2. The SMILES string of the molecule is Cc1cccc(NC(=O)CCCN2C(=O)/C(=C/c3cc(Br)cc(Br)c3O)SC2=S)c1. The molecule has 30 heavy (non-hydrogen) atoms. The van der Waals surface area contributed by atoms with Crippen molar-refractivity contribution in [3.8, 4) is 5.75 Å². The number of benzene rings is 2. The number of thioether (sulfide) groups is 1. The van der Waals surface area contributed by atoms with Gasteiger partial charge in [0.2, 0.25) is 5.91 Å². The van der Waals surface area contributed by atoms with Crippen LogP contribution in [0.2, 0.25) is 0 Å². The van der Waals surface area contributed by atoms with Gasteiger partial charge in [0.05, 0.1) is 9.38 Å². The fourth-order valence-electron chi connectivity index (χ4n) is 2.87. The number of carbonyl (C=O) groups excluding carboxylic acids is 2. The van der Waals surface area contributed by atoms with Crippen LogP contribution in [0.3, 0.4) is 0 Å². The van der Waals surface area contributed by atoms with E-state index in [1.54, 1.807) is 18.2 Å². The summed E-state index contributed by atoms with van der Waals surface area (Å²) in [6, 6.07) is 11.0. The number of nitrogens with one attached hydrogen (secondary N) is 1. The van der Waals surface area contributed by atoms with E-state index in [1.165, 1.54) is 16.7 Å². The number of phenolic OH excluding ortho intramolecular Hbond substituents is 1. The number of hydrogen-bond donors (Lipinski definition) is 2. The molecule has 0 radical (unpaired) electrons. The molecule has 0 unspecified atom stereocenters. The number of aromatic hydroxyl groups is 1. The maximum atomic E-state index is 12.7. The van der Waals surface area contributed by atoms with Crippen molar-refractivity contribution in [3.63, 3.8) is 0 Å². The Kier molecular flexibility index (Phi) is 7.73. The number of carbonyl (C=O) groups is 2. The minimum absolute atomic E-state index is 0.0521. The Balaban J connectivity index is 1.59. The van der Waals surface area contributed by atoms with Crippen LogP contribution < -0.4 is 5.32 Å². The Morgan fingerprint density at radius 1 is 1.30 bits per heavy atom. The molecule has 1 aliphatic rings. The van der Waals surface area contributed by atoms with Gasteiger partial charge >= 0.3 is 0 Å². The number of halogens is 2. The van der Waals surface area contributed by atoms with Crippen molar-refractivity contribution in [2.24, 2.45) is 0 Å². The van der Waals surface area contributed by atoms with Gasteiger partial charge < -0.3 is 10.4 Å². The van der Waals surface area contributed by atoms with Crippen LogP contribution in [0.25, 0.3) is 6.08 Å². The van der Waals surface area contributed by atoms with Gasteiger partial charge in [-0.3, -0.25) is 14.5 Å². The highest BCUT2D eigenvalue weighted by molar-refractivity contribution is 9.11. The van der Waals surface area contributed by atoms with Gasteiger partial charge in [0.1, 0.15) is 10.1 Å². The molecule has 0 aromatic heterocycles. The fraction of sp³-hybridized carbons (Fsp3) is 0.190. The predicted octanol–water partition coefficient (Wildman–Crippen LogP) is 5.85. The van der Waals surface area contributed by atoms with Gasteiger partial charge in [0.25, 0.3) is 5.91 Å². The third-order valence-electron chi connectivity index (χ3n) is 4.31. The van der Waals surface area contributed by atoms with Crippen molar-refractivity contribution in [3.05, 3.63) is 61.4 Å². The van der Waals surface area contributed by atoms with E-state index in [4.69, 9.17) is 12.2 Å². The first-order valence-electron chi connectivity index (χ1n) is 9.04. The van der Waals surface area contributed by atoms with Crippen molar-refractivity contribution < 1.29 is 14.7 Å². The van der Waals surface area contributed by atoms with Crippen molar-refractivity contribution in [2.75, 3.05) is 11.9 Å². The second-order valence-corrected chi connectivity index (χ2v) is 10.1. The lowest BCUT2D eigenvalue weighted by Crippen LogP contribution is -2.29. The van der Waals surface area contributed by atoms with Crippen LogP contribution in [-0.2, 0) is 9.59 Å². The number of hydrogen-bond acceptors (Lipinski definition) is 5. The zero-order valence-corrected chi connectivity index (χ0v) is 20.8. The standard InChI is InChI=1S/C21H18Br2N2O3S2/c1-12-4-2-5-15(8-12)24-18(26)6-3-7-25-20(28)17(30-21(25)29)10-13-9-14(22)11-16(23)19(13)27/h2,4-5,8-11,27H,3,6-7H2,1H3,(H,24,26)/b17-10-. The molecule has 1 fully saturated rings. The van der Waals surface area contributed by atoms with E-state index in [1.807, 2.05) is 31.2 Å². The lowest BCUT2D eigenvalue weighted by Gasteiger charge is -2.14. The third-order valence-corrected chi connectivity index (χ3v) is 6.75. The highest BCUT2D eigenvalue weighted by Crippen LogP contribution is 2.37. The van der Waals surface area contributed by atoms with E-state index in [-0.39, 0.29) is 24.0 Å². The molecule has 1 saturated heterocycles. The molecule has 2 aromatic carbocycles. The number of phenols is 1. The van der Waals surface area contributed by atoms with Crippen LogP contribution in [0.4, 0.5) is 5.69 Å². The topological polar surface area (TPSA) is 69.6 Å². The van der Waals surface area contributed by atoms with E-state index in [2.05, 4.69) is 37.2 Å². The van der Waals surface area contributed by atoms with Gasteiger partial charge in [-0.25, -0.2) is 0 Å². The van der Waals surface area contributed by atoms with E-state index in [0.29, 0.717) is 32.2 Å². The summed E-state index contributed by atoms with van der Waals surface area (Å²) in [4.78, 5) is 26.8. The zero-order valence-electron chi connectivity index (χ0n) is 15.9. The first-order valence-corrected chi connectivity index (χ1v) is 11.9. The zero-order chi connectivity index (χ0) is 21.8. The molecule has 1 aliphatic heterocycles. The minimum Gasteiger partial charge on any atom is -0.506 e. The Hall–Kier alpha value is -1.68. The molecule has 0 bridgehead atoms. The van der Waals surface area contributed by atoms with E-state index >= 15 is 0 Å². The quantitative estimate of drug-likeness (QED) is 0.337. The summed E-state index contributed by atoms with van der Waals surface area (Å²) in [5, 5.41) is 13.1. The minimum atomic E-state index is -0.223. The molecule has 0 aliphatic carbocycles. The molecule has 9 heteroatoms. The van der Waals surface area contributed by atoms with Crippen molar-refractivity contribution >= 4 is 83.7 Å². The Morgan fingerprint density at radius 2 is 2.07 bits per heavy atom. The Bertz CT molecular complexity index is 1060. The molecular formula is C21H18Br2N2O3S2. The first kappa shape index (κ1) is 23.0. The van der Waals surface area contributed by atoms with Gasteiger partial charge in [0.15, 0.2) is 0 Å². The van der Waals surface area contributed by atoms with Crippen molar-refractivity contribution in [1.29, 1.82) is 0 Å². The highest BCUT2D eigenvalue weighted by Gasteiger charge is 2.32. The summed E-state index contributed by atoms with van der Waals surface area (Å²) in [6.07, 6.45) is 2.39. The number of nitrogens with zero attached hydrogens (tertiary/aromatic N) is 1. The van der Waals surface area contributed by atoms with Gasteiger partial charge in [-0.2, -0.15) is 0 Å². The van der Waals surface area contributed by atoms with Crippen LogP contribution in [0.15, 0.2) is 50.2 Å². The fourth-order valence-corrected chi connectivity index (χ4v) is 5.43. The highest BCUT2D eigenvalue weighted by atomic mass is 79.9. The molecule has 2 amide bonds. The van der Waals surface area contributed by atoms with Gasteiger partial charge in [-0.15, -0.1) is 0 Å². The lowest BCUT2D eigenvalue weighted by molar-refractivity contribution is -0.122. The average Bonchev–Trinajstić information content (AvgIpc) is 2.93. The van der Waals surface area contributed by atoms with E-state index in [0.717, 1.165) is 15.7 Å². The van der Waals surface area contributed by atoms with Gasteiger partial charge in [-0.05, 0) is 65.2 Å². The summed E-state index contributed by atoms with van der Waals surface area (Å²) in [7, 11) is 0. The largest absolute Gasteiger partial charge is 0.506 e. The van der Waals surface area contributed by atoms with Crippen molar-refractivity contribution in [1.82, 2.24) is 4.90 Å². The number of aryl methyl sites for hydroxylation is 1. The maximum absolute atomic E-state index is 12.7. The molecule has 1 heterocycles. The summed E-state index contributed by atoms with van der Waals surface area (Å²) in [5.74, 6) is -0.277. The number of thiocarbonyl (C=S) groups is 1. The second-order valence-electron chi connectivity index (χ2n) is 6.68. The molecule has 156 valence electrons. The molecule has 2 aromatic rings. The number of rotatable bonds is 6. The van der Waals surface area contributed by atoms with Crippen LogP contribution in [-0.4, -0.2) is 32.7 Å². The maximum Gasteiger partial charge on any atom is 0.266 e.